The number of ether oxygens (including phenoxy) is 1. The summed E-state index contributed by atoms with van der Waals surface area (Å²) in [6, 6.07) is 7.66. The van der Waals surface area contributed by atoms with Crippen LogP contribution in [0.2, 0.25) is 0 Å². The molecule has 0 aliphatic heterocycles. The van der Waals surface area contributed by atoms with E-state index in [0.717, 1.165) is 22.4 Å². The summed E-state index contributed by atoms with van der Waals surface area (Å²) >= 11 is 1.25. The van der Waals surface area contributed by atoms with Gasteiger partial charge in [0.25, 0.3) is 0 Å². The molecule has 1 aromatic carbocycles. The van der Waals surface area contributed by atoms with Gasteiger partial charge in [-0.05, 0) is 46.2 Å². The molecular formula is C15H16O3S. The molecule has 1 heterocycles. The number of thiophene rings is 1. The summed E-state index contributed by atoms with van der Waals surface area (Å²) in [6.45, 7) is 4.22. The van der Waals surface area contributed by atoms with E-state index in [-0.39, 0.29) is 0 Å². The van der Waals surface area contributed by atoms with Crippen molar-refractivity contribution < 1.29 is 14.6 Å². The fourth-order valence-corrected chi connectivity index (χ4v) is 2.72. The first kappa shape index (κ1) is 13.6. The Balaban J connectivity index is 2.44. The summed E-state index contributed by atoms with van der Waals surface area (Å²) in [6.07, 6.45) is 0. The molecule has 3 nitrogen and oxygen atoms in total. The highest BCUT2D eigenvalue weighted by atomic mass is 32.1. The molecule has 19 heavy (non-hydrogen) atoms. The quantitative estimate of drug-likeness (QED) is 0.908. The maximum Gasteiger partial charge on any atom is 0.345 e. The number of carboxylic acids is 1. The van der Waals surface area contributed by atoms with Gasteiger partial charge in [0.15, 0.2) is 0 Å². The third-order valence-electron chi connectivity index (χ3n) is 3.00. The van der Waals surface area contributed by atoms with Crippen molar-refractivity contribution in [1.29, 1.82) is 0 Å². The minimum atomic E-state index is -0.881. The van der Waals surface area contributed by atoms with E-state index in [1.807, 2.05) is 17.5 Å². The van der Waals surface area contributed by atoms with Crippen molar-refractivity contribution >= 4 is 17.3 Å². The molecular weight excluding hydrogens is 260 g/mol. The smallest absolute Gasteiger partial charge is 0.345 e. The van der Waals surface area contributed by atoms with E-state index in [1.54, 1.807) is 13.2 Å². The molecule has 0 fully saturated rings. The summed E-state index contributed by atoms with van der Waals surface area (Å²) < 4.78 is 5.35. The molecule has 1 N–H and O–H groups in total. The summed E-state index contributed by atoms with van der Waals surface area (Å²) in [7, 11) is 1.66. The predicted octanol–water partition coefficient (Wildman–Crippen LogP) is 4.25. The van der Waals surface area contributed by atoms with Crippen LogP contribution in [0.5, 0.6) is 5.75 Å². The van der Waals surface area contributed by atoms with Crippen LogP contribution in [0.4, 0.5) is 0 Å². The van der Waals surface area contributed by atoms with Crippen molar-refractivity contribution in [3.63, 3.8) is 0 Å². The molecule has 0 radical (unpaired) electrons. The number of benzene rings is 1. The van der Waals surface area contributed by atoms with Crippen molar-refractivity contribution in [3.05, 3.63) is 40.1 Å². The SMILES string of the molecule is COc1ccc(-c2csc(C(=O)O)c2)cc1C(C)C. The summed E-state index contributed by atoms with van der Waals surface area (Å²) in [4.78, 5) is 11.3. The Hall–Kier alpha value is -1.81. The van der Waals surface area contributed by atoms with Gasteiger partial charge in [0.1, 0.15) is 10.6 Å². The number of methoxy groups -OCH3 is 1. The van der Waals surface area contributed by atoms with Gasteiger partial charge in [0, 0.05) is 0 Å². The van der Waals surface area contributed by atoms with Crippen LogP contribution in [-0.4, -0.2) is 18.2 Å². The highest BCUT2D eigenvalue weighted by Gasteiger charge is 2.12. The van der Waals surface area contributed by atoms with Gasteiger partial charge >= 0.3 is 5.97 Å². The molecule has 0 amide bonds. The second-order valence-corrected chi connectivity index (χ2v) is 5.53. The minimum absolute atomic E-state index is 0.354. The predicted molar refractivity (Wildman–Crippen MR) is 77.4 cm³/mol. The Morgan fingerprint density at radius 3 is 2.53 bits per heavy atom. The van der Waals surface area contributed by atoms with Gasteiger partial charge in [-0.1, -0.05) is 19.9 Å². The van der Waals surface area contributed by atoms with Crippen LogP contribution in [0.15, 0.2) is 29.6 Å². The topological polar surface area (TPSA) is 46.5 Å². The zero-order chi connectivity index (χ0) is 14.0. The van der Waals surface area contributed by atoms with E-state index in [9.17, 15) is 4.79 Å². The van der Waals surface area contributed by atoms with Crippen molar-refractivity contribution in [1.82, 2.24) is 0 Å². The Kier molecular flexibility index (Phi) is 3.90. The molecule has 0 spiro atoms. The molecule has 0 aliphatic rings. The lowest BCUT2D eigenvalue weighted by atomic mass is 9.97. The van der Waals surface area contributed by atoms with E-state index in [0.29, 0.717) is 10.8 Å². The molecule has 0 saturated heterocycles. The van der Waals surface area contributed by atoms with Crippen molar-refractivity contribution in [2.24, 2.45) is 0 Å². The van der Waals surface area contributed by atoms with Gasteiger partial charge in [-0.2, -0.15) is 0 Å². The number of carboxylic acid groups (broad SMARTS) is 1. The maximum atomic E-state index is 10.9. The average molecular weight is 276 g/mol. The van der Waals surface area contributed by atoms with Gasteiger partial charge in [0.2, 0.25) is 0 Å². The first-order valence-corrected chi connectivity index (χ1v) is 6.91. The van der Waals surface area contributed by atoms with Crippen LogP contribution < -0.4 is 4.74 Å². The van der Waals surface area contributed by atoms with Crippen LogP contribution in [0, 0.1) is 0 Å². The molecule has 100 valence electrons. The van der Waals surface area contributed by atoms with Crippen LogP contribution >= 0.6 is 11.3 Å². The largest absolute Gasteiger partial charge is 0.496 e. The molecule has 0 unspecified atom stereocenters. The number of rotatable bonds is 4. The second-order valence-electron chi connectivity index (χ2n) is 4.62. The molecule has 4 heteroatoms. The zero-order valence-corrected chi connectivity index (χ0v) is 12.0. The van der Waals surface area contributed by atoms with Gasteiger partial charge in [-0.25, -0.2) is 4.79 Å². The Bertz CT molecular complexity index is 599. The molecule has 0 atom stereocenters. The molecule has 0 bridgehead atoms. The highest BCUT2D eigenvalue weighted by Crippen LogP contribution is 2.33. The molecule has 0 aliphatic carbocycles. The molecule has 1 aromatic heterocycles. The molecule has 0 saturated carbocycles. The normalized spacial score (nSPS) is 10.7. The van der Waals surface area contributed by atoms with Crippen molar-refractivity contribution in [3.8, 4) is 16.9 Å². The lowest BCUT2D eigenvalue weighted by Crippen LogP contribution is -1.94. The maximum absolute atomic E-state index is 10.9. The van der Waals surface area contributed by atoms with Crippen LogP contribution in [-0.2, 0) is 0 Å². The lowest BCUT2D eigenvalue weighted by Gasteiger charge is -2.13. The summed E-state index contributed by atoms with van der Waals surface area (Å²) in [5, 5.41) is 10.8. The Labute approximate surface area is 116 Å². The van der Waals surface area contributed by atoms with E-state index < -0.39 is 5.97 Å². The lowest BCUT2D eigenvalue weighted by molar-refractivity contribution is 0.0702. The minimum Gasteiger partial charge on any atom is -0.496 e. The van der Waals surface area contributed by atoms with E-state index in [2.05, 4.69) is 19.9 Å². The van der Waals surface area contributed by atoms with Crippen LogP contribution in [0.1, 0.15) is 35.0 Å². The van der Waals surface area contributed by atoms with E-state index in [4.69, 9.17) is 9.84 Å². The number of carbonyl (C=O) groups is 1. The van der Waals surface area contributed by atoms with Gasteiger partial charge in [-0.3, -0.25) is 0 Å². The number of hydrogen-bond acceptors (Lipinski definition) is 3. The van der Waals surface area contributed by atoms with E-state index in [1.165, 1.54) is 11.3 Å². The van der Waals surface area contributed by atoms with Gasteiger partial charge in [0.05, 0.1) is 7.11 Å². The van der Waals surface area contributed by atoms with Gasteiger partial charge < -0.3 is 9.84 Å². The van der Waals surface area contributed by atoms with Crippen molar-refractivity contribution in [2.75, 3.05) is 7.11 Å². The summed E-state index contributed by atoms with van der Waals surface area (Å²) in [5.41, 5.74) is 3.09. The molecule has 2 rings (SSSR count). The number of hydrogen-bond donors (Lipinski definition) is 1. The van der Waals surface area contributed by atoms with Crippen LogP contribution in [0.3, 0.4) is 0 Å². The monoisotopic (exact) mass is 276 g/mol. The zero-order valence-electron chi connectivity index (χ0n) is 11.1. The Morgan fingerprint density at radius 2 is 2.00 bits per heavy atom. The fourth-order valence-electron chi connectivity index (χ4n) is 1.96. The first-order valence-electron chi connectivity index (χ1n) is 6.03. The highest BCUT2D eigenvalue weighted by molar-refractivity contribution is 7.12. The fraction of sp³-hybridized carbons (Fsp3) is 0.267. The molecule has 2 aromatic rings. The summed E-state index contributed by atoms with van der Waals surface area (Å²) in [5.74, 6) is 0.341. The standard InChI is InChI=1S/C15H16O3S/c1-9(2)12-6-10(4-5-13(12)18-3)11-7-14(15(16)17)19-8-11/h4-9H,1-3H3,(H,16,17). The van der Waals surface area contributed by atoms with E-state index >= 15 is 0 Å². The van der Waals surface area contributed by atoms with Crippen LogP contribution in [0.25, 0.3) is 11.1 Å². The Morgan fingerprint density at radius 1 is 1.26 bits per heavy atom. The van der Waals surface area contributed by atoms with Crippen molar-refractivity contribution in [2.45, 2.75) is 19.8 Å². The first-order chi connectivity index (χ1) is 9.02. The number of aromatic carboxylic acids is 1. The second kappa shape index (κ2) is 5.45. The average Bonchev–Trinajstić information content (AvgIpc) is 2.87. The third kappa shape index (κ3) is 2.79. The third-order valence-corrected chi connectivity index (χ3v) is 3.91. The van der Waals surface area contributed by atoms with Gasteiger partial charge in [-0.15, -0.1) is 11.3 Å².